The molecule has 0 saturated carbocycles. The number of hydrogen-bond acceptors (Lipinski definition) is 2. The van der Waals surface area contributed by atoms with Crippen LogP contribution in [-0.2, 0) is 11.5 Å². The second-order valence-corrected chi connectivity index (χ2v) is 11.5. The van der Waals surface area contributed by atoms with Crippen LogP contribution in [0.3, 0.4) is 0 Å². The number of rotatable bonds is 16. The summed E-state index contributed by atoms with van der Waals surface area (Å²) in [4.78, 5) is 0. The van der Waals surface area contributed by atoms with Crippen molar-refractivity contribution in [1.29, 1.82) is 0 Å². The van der Waals surface area contributed by atoms with Gasteiger partial charge in [0, 0.05) is 16.8 Å². The molecule has 0 aromatic heterocycles. The molecule has 0 fully saturated rings. The van der Waals surface area contributed by atoms with Crippen LogP contribution in [0, 0.1) is 0 Å². The molecule has 3 rings (SSSR count). The van der Waals surface area contributed by atoms with Gasteiger partial charge in [0.25, 0.3) is 0 Å². The van der Waals surface area contributed by atoms with Crippen molar-refractivity contribution in [2.75, 3.05) is 5.75 Å². The summed E-state index contributed by atoms with van der Waals surface area (Å²) in [6.45, 7) is 4.37. The third-order valence-electron chi connectivity index (χ3n) is 6.20. The van der Waals surface area contributed by atoms with Crippen LogP contribution in [0.25, 0.3) is 0 Å². The van der Waals surface area contributed by atoms with Crippen LogP contribution in [0.15, 0.2) is 109 Å². The minimum absolute atomic E-state index is 0.742. The number of hydrogen-bond donors (Lipinski definition) is 0. The van der Waals surface area contributed by atoms with Gasteiger partial charge < -0.3 is 0 Å². The Kier molecular flexibility index (Phi) is 13.1. The van der Waals surface area contributed by atoms with Crippen molar-refractivity contribution in [2.24, 2.45) is 0 Å². The SMILES string of the molecule is C=C(CCCC[C@H](CCSCc1ccccc1)SCc1ccccc1)CCC1=CC=CC=CC1. The highest BCUT2D eigenvalue weighted by Crippen LogP contribution is 2.28. The van der Waals surface area contributed by atoms with Crippen LogP contribution in [-0.4, -0.2) is 11.0 Å². The first-order chi connectivity index (χ1) is 16.8. The number of thioether (sulfide) groups is 2. The van der Waals surface area contributed by atoms with Crippen molar-refractivity contribution >= 4 is 23.5 Å². The quantitative estimate of drug-likeness (QED) is 0.170. The molecule has 0 spiro atoms. The molecule has 1 aliphatic carbocycles. The predicted molar refractivity (Wildman–Crippen MR) is 157 cm³/mol. The molecule has 0 radical (unpaired) electrons. The summed E-state index contributed by atoms with van der Waals surface area (Å²) >= 11 is 4.23. The normalized spacial score (nSPS) is 13.9. The van der Waals surface area contributed by atoms with E-state index in [4.69, 9.17) is 0 Å². The van der Waals surface area contributed by atoms with Gasteiger partial charge in [-0.3, -0.25) is 0 Å². The topological polar surface area (TPSA) is 0 Å². The summed E-state index contributed by atoms with van der Waals surface area (Å²) in [5, 5.41) is 0.742. The summed E-state index contributed by atoms with van der Waals surface area (Å²) in [6.07, 6.45) is 20.7. The first-order valence-corrected chi connectivity index (χ1v) is 14.9. The molecular formula is C32H40S2. The average Bonchev–Trinajstić information content (AvgIpc) is 3.16. The Morgan fingerprint density at radius 1 is 0.794 bits per heavy atom. The van der Waals surface area contributed by atoms with Gasteiger partial charge in [0.15, 0.2) is 0 Å². The Hall–Kier alpha value is -1.90. The molecule has 2 heteroatoms. The van der Waals surface area contributed by atoms with Gasteiger partial charge in [-0.05, 0) is 61.8 Å². The van der Waals surface area contributed by atoms with E-state index < -0.39 is 0 Å². The summed E-state index contributed by atoms with van der Waals surface area (Å²) in [6, 6.07) is 21.8. The van der Waals surface area contributed by atoms with E-state index >= 15 is 0 Å². The Bertz CT molecular complexity index is 909. The van der Waals surface area contributed by atoms with Crippen LogP contribution >= 0.6 is 23.5 Å². The molecule has 2 aromatic rings. The highest BCUT2D eigenvalue weighted by molar-refractivity contribution is 7.99. The van der Waals surface area contributed by atoms with Crippen LogP contribution in [0.4, 0.5) is 0 Å². The zero-order valence-electron chi connectivity index (χ0n) is 20.5. The zero-order chi connectivity index (χ0) is 23.7. The van der Waals surface area contributed by atoms with Crippen LogP contribution in [0.2, 0.25) is 0 Å². The monoisotopic (exact) mass is 488 g/mol. The molecule has 2 aromatic carbocycles. The highest BCUT2D eigenvalue weighted by atomic mass is 32.2. The zero-order valence-corrected chi connectivity index (χ0v) is 22.2. The van der Waals surface area contributed by atoms with Gasteiger partial charge in [-0.25, -0.2) is 0 Å². The van der Waals surface area contributed by atoms with Gasteiger partial charge in [-0.1, -0.05) is 115 Å². The van der Waals surface area contributed by atoms with E-state index in [1.807, 2.05) is 0 Å². The molecule has 0 bridgehead atoms. The van der Waals surface area contributed by atoms with E-state index in [-0.39, 0.29) is 0 Å². The fraction of sp³-hybridized carbons (Fsp3) is 0.375. The molecule has 0 unspecified atom stereocenters. The Balaban J connectivity index is 1.35. The van der Waals surface area contributed by atoms with Gasteiger partial charge in [-0.2, -0.15) is 23.5 Å². The summed E-state index contributed by atoms with van der Waals surface area (Å²) in [7, 11) is 0. The standard InChI is InChI=1S/C32H40S2/c1-28(22-23-29-15-6-2-3-7-16-29)14-12-13-21-32(34-27-31-19-10-5-11-20-31)24-25-33-26-30-17-8-4-9-18-30/h2-11,15,17-20,32H,1,12-14,16,21-27H2/t32-/m1/s1. The fourth-order valence-corrected chi connectivity index (χ4v) is 6.51. The van der Waals surface area contributed by atoms with E-state index in [0.29, 0.717) is 0 Å². The summed E-state index contributed by atoms with van der Waals surface area (Å²) in [5.41, 5.74) is 5.83. The maximum Gasteiger partial charge on any atom is 0.0187 e. The molecule has 0 nitrogen and oxygen atoms in total. The molecule has 1 atom stereocenters. The Morgan fingerprint density at radius 2 is 1.53 bits per heavy atom. The lowest BCUT2D eigenvalue weighted by atomic mass is 9.99. The van der Waals surface area contributed by atoms with Gasteiger partial charge in [0.2, 0.25) is 0 Å². The van der Waals surface area contributed by atoms with Gasteiger partial charge in [0.1, 0.15) is 0 Å². The number of allylic oxidation sites excluding steroid dienone is 7. The van der Waals surface area contributed by atoms with Crippen LogP contribution in [0.1, 0.15) is 62.5 Å². The summed E-state index contributed by atoms with van der Waals surface area (Å²) in [5.74, 6) is 3.49. The van der Waals surface area contributed by atoms with E-state index in [1.54, 1.807) is 0 Å². The fourth-order valence-electron chi connectivity index (χ4n) is 4.09. The molecule has 0 amide bonds. The first kappa shape index (κ1) is 26.7. The lowest BCUT2D eigenvalue weighted by Gasteiger charge is -2.17. The highest BCUT2D eigenvalue weighted by Gasteiger charge is 2.10. The lowest BCUT2D eigenvalue weighted by molar-refractivity contribution is 0.636. The minimum atomic E-state index is 0.742. The maximum absolute atomic E-state index is 4.37. The molecular weight excluding hydrogens is 448 g/mol. The third-order valence-corrected chi connectivity index (χ3v) is 8.71. The van der Waals surface area contributed by atoms with Gasteiger partial charge >= 0.3 is 0 Å². The minimum Gasteiger partial charge on any atom is -0.157 e. The molecule has 34 heavy (non-hydrogen) atoms. The number of unbranched alkanes of at least 4 members (excludes halogenated alkanes) is 1. The molecule has 0 heterocycles. The summed E-state index contributed by atoms with van der Waals surface area (Å²) < 4.78 is 0. The Morgan fingerprint density at radius 3 is 2.29 bits per heavy atom. The van der Waals surface area contributed by atoms with Crippen molar-refractivity contribution in [3.63, 3.8) is 0 Å². The average molecular weight is 489 g/mol. The first-order valence-electron chi connectivity index (χ1n) is 12.7. The van der Waals surface area contributed by atoms with Crippen molar-refractivity contribution in [2.45, 2.75) is 68.1 Å². The predicted octanol–water partition coefficient (Wildman–Crippen LogP) is 9.95. The third kappa shape index (κ3) is 11.5. The molecule has 0 N–H and O–H groups in total. The second-order valence-electron chi connectivity index (χ2n) is 9.08. The number of benzene rings is 2. The van der Waals surface area contributed by atoms with Crippen LogP contribution < -0.4 is 0 Å². The van der Waals surface area contributed by atoms with Gasteiger partial charge in [0.05, 0.1) is 0 Å². The maximum atomic E-state index is 4.37. The van der Waals surface area contributed by atoms with Crippen molar-refractivity contribution in [3.05, 3.63) is 120 Å². The Labute approximate surface area is 216 Å². The van der Waals surface area contributed by atoms with E-state index in [0.717, 1.165) is 36.0 Å². The molecule has 0 aliphatic heterocycles. The van der Waals surface area contributed by atoms with Crippen LogP contribution in [0.5, 0.6) is 0 Å². The second kappa shape index (κ2) is 16.7. The van der Waals surface area contributed by atoms with Crippen molar-refractivity contribution in [3.8, 4) is 0 Å². The van der Waals surface area contributed by atoms with Gasteiger partial charge in [-0.15, -0.1) is 0 Å². The molecule has 1 aliphatic rings. The van der Waals surface area contributed by atoms with Crippen molar-refractivity contribution < 1.29 is 0 Å². The van der Waals surface area contributed by atoms with E-state index in [9.17, 15) is 0 Å². The smallest absolute Gasteiger partial charge is 0.0187 e. The molecule has 0 saturated heterocycles. The molecule has 180 valence electrons. The largest absolute Gasteiger partial charge is 0.157 e. The lowest BCUT2D eigenvalue weighted by Crippen LogP contribution is -2.05. The van der Waals surface area contributed by atoms with E-state index in [2.05, 4.69) is 121 Å². The van der Waals surface area contributed by atoms with Crippen molar-refractivity contribution in [1.82, 2.24) is 0 Å². The van der Waals surface area contributed by atoms with E-state index in [1.165, 1.54) is 60.1 Å².